The molecule has 3 rings (SSSR count). The van der Waals surface area contributed by atoms with Gasteiger partial charge in [0.15, 0.2) is 5.60 Å². The molecule has 0 aromatic heterocycles. The van der Waals surface area contributed by atoms with Crippen LogP contribution in [0.25, 0.3) is 0 Å². The maximum absolute atomic E-state index is 12.5. The minimum atomic E-state index is -1.70. The van der Waals surface area contributed by atoms with Crippen LogP contribution in [0.15, 0.2) is 36.0 Å². The molecule has 3 aliphatic rings. The fourth-order valence-corrected chi connectivity index (χ4v) is 5.39. The summed E-state index contributed by atoms with van der Waals surface area (Å²) in [7, 11) is 0. The average molecular weight is 390 g/mol. The molecule has 0 unspecified atom stereocenters. The third-order valence-electron chi connectivity index (χ3n) is 6.52. The van der Waals surface area contributed by atoms with Gasteiger partial charge in [-0.15, -0.1) is 0 Å². The molecule has 0 aromatic carbocycles. The highest BCUT2D eigenvalue weighted by Gasteiger charge is 2.69. The van der Waals surface area contributed by atoms with Crippen LogP contribution < -0.4 is 0 Å². The van der Waals surface area contributed by atoms with Crippen molar-refractivity contribution in [1.29, 1.82) is 0 Å². The van der Waals surface area contributed by atoms with Crippen LogP contribution in [0.2, 0.25) is 0 Å². The molecule has 152 valence electrons. The molecule has 0 spiro atoms. The van der Waals surface area contributed by atoms with Crippen molar-refractivity contribution >= 4 is 17.9 Å². The molecule has 0 radical (unpaired) electrons. The summed E-state index contributed by atoms with van der Waals surface area (Å²) in [5, 5.41) is 20.0. The number of hydrogen-bond donors (Lipinski definition) is 2. The second kappa shape index (κ2) is 6.88. The van der Waals surface area contributed by atoms with Crippen molar-refractivity contribution in [3.8, 4) is 0 Å². The van der Waals surface area contributed by atoms with Gasteiger partial charge in [0.05, 0.1) is 0 Å². The van der Waals surface area contributed by atoms with E-state index in [-0.39, 0.29) is 17.9 Å². The molecule has 1 heterocycles. The van der Waals surface area contributed by atoms with Crippen LogP contribution >= 0.6 is 0 Å². The van der Waals surface area contributed by atoms with Crippen LogP contribution in [0, 0.1) is 16.7 Å². The lowest BCUT2D eigenvalue weighted by Gasteiger charge is -2.59. The van der Waals surface area contributed by atoms with Crippen LogP contribution in [0.5, 0.6) is 0 Å². The average Bonchev–Trinajstić information content (AvgIpc) is 2.87. The minimum Gasteiger partial charge on any atom is -0.478 e. The normalized spacial score (nSPS) is 36.6. The number of ether oxygens (including phenoxy) is 2. The molecule has 28 heavy (non-hydrogen) atoms. The van der Waals surface area contributed by atoms with Gasteiger partial charge in [-0.05, 0) is 24.3 Å². The van der Waals surface area contributed by atoms with E-state index in [1.807, 2.05) is 6.92 Å². The lowest BCUT2D eigenvalue weighted by molar-refractivity contribution is -0.194. The van der Waals surface area contributed by atoms with E-state index >= 15 is 0 Å². The van der Waals surface area contributed by atoms with Gasteiger partial charge in [-0.2, -0.15) is 0 Å². The highest BCUT2D eigenvalue weighted by Crippen LogP contribution is 2.63. The molecule has 0 aromatic rings. The fourth-order valence-electron chi connectivity index (χ4n) is 5.39. The number of aliphatic carboxylic acids is 1. The topological polar surface area (TPSA) is 110 Å². The number of carboxylic acids is 1. The standard InChI is InChI=1S/C21H26O7/c1-19(2)9-6-10-20(3)17(19)14(11-13-12-27-18(25)21(13,20)26)28-16(24)8-5-4-7-15(22)23/h4-5,7-8,11,14,17,26H,6,9-10,12H2,1-3H3,(H,22,23)/b7-4+,8-5+/t14-,17+,20+,21+/m1/s1. The van der Waals surface area contributed by atoms with Crippen molar-refractivity contribution in [2.24, 2.45) is 16.7 Å². The van der Waals surface area contributed by atoms with Crippen molar-refractivity contribution in [3.63, 3.8) is 0 Å². The second-order valence-corrected chi connectivity index (χ2v) is 8.67. The van der Waals surface area contributed by atoms with E-state index in [1.54, 1.807) is 6.08 Å². The molecule has 1 aliphatic heterocycles. The van der Waals surface area contributed by atoms with E-state index in [9.17, 15) is 19.5 Å². The highest BCUT2D eigenvalue weighted by atomic mass is 16.6. The summed E-state index contributed by atoms with van der Waals surface area (Å²) in [5.41, 5.74) is -2.34. The first-order valence-corrected chi connectivity index (χ1v) is 9.41. The quantitative estimate of drug-likeness (QED) is 0.327. The Morgan fingerprint density at radius 3 is 2.57 bits per heavy atom. The molecule has 0 amide bonds. The Bertz CT molecular complexity index is 791. The van der Waals surface area contributed by atoms with Crippen LogP contribution in [0.1, 0.15) is 40.0 Å². The van der Waals surface area contributed by atoms with E-state index in [1.165, 1.54) is 12.2 Å². The summed E-state index contributed by atoms with van der Waals surface area (Å²) in [6.07, 6.45) is 7.99. The minimum absolute atomic E-state index is 0.0106. The predicted molar refractivity (Wildman–Crippen MR) is 99.0 cm³/mol. The fraction of sp³-hybridized carbons (Fsp3) is 0.571. The highest BCUT2D eigenvalue weighted by molar-refractivity contribution is 5.89. The Morgan fingerprint density at radius 1 is 1.21 bits per heavy atom. The molecule has 1 saturated carbocycles. The number of allylic oxidation sites excluding steroid dienone is 2. The molecule has 2 aliphatic carbocycles. The molecule has 1 saturated heterocycles. The van der Waals surface area contributed by atoms with Crippen LogP contribution in [-0.4, -0.2) is 46.4 Å². The lowest BCUT2D eigenvalue weighted by atomic mass is 9.46. The predicted octanol–water partition coefficient (Wildman–Crippen LogP) is 2.16. The Labute approximate surface area is 163 Å². The summed E-state index contributed by atoms with van der Waals surface area (Å²) in [5.74, 6) is -2.64. The molecule has 2 fully saturated rings. The van der Waals surface area contributed by atoms with Crippen molar-refractivity contribution in [3.05, 3.63) is 36.0 Å². The molecule has 2 N–H and O–H groups in total. The Kier molecular flexibility index (Phi) is 5.00. The van der Waals surface area contributed by atoms with Crippen LogP contribution in [0.4, 0.5) is 0 Å². The number of esters is 2. The largest absolute Gasteiger partial charge is 0.478 e. The van der Waals surface area contributed by atoms with Gasteiger partial charge in [0.2, 0.25) is 0 Å². The SMILES string of the molecule is CC1(C)CCC[C@@]2(C)[C@H]1[C@H](OC(=O)/C=C/C=C/C(=O)O)C=C1COC(=O)[C@@]12O. The summed E-state index contributed by atoms with van der Waals surface area (Å²) >= 11 is 0. The number of carboxylic acid groups (broad SMARTS) is 1. The molecule has 4 atom stereocenters. The number of carbonyl (C=O) groups excluding carboxylic acids is 2. The van der Waals surface area contributed by atoms with E-state index < -0.39 is 35.0 Å². The summed E-state index contributed by atoms with van der Waals surface area (Å²) in [6.45, 7) is 5.99. The van der Waals surface area contributed by atoms with Gasteiger partial charge < -0.3 is 19.7 Å². The second-order valence-electron chi connectivity index (χ2n) is 8.67. The summed E-state index contributed by atoms with van der Waals surface area (Å²) < 4.78 is 10.9. The maximum atomic E-state index is 12.5. The van der Waals surface area contributed by atoms with Gasteiger partial charge in [0.1, 0.15) is 12.7 Å². The summed E-state index contributed by atoms with van der Waals surface area (Å²) in [6, 6.07) is 0. The van der Waals surface area contributed by atoms with Crippen molar-refractivity contribution in [2.45, 2.75) is 51.7 Å². The number of aliphatic hydroxyl groups is 1. The molecule has 7 heteroatoms. The number of cyclic esters (lactones) is 1. The van der Waals surface area contributed by atoms with Gasteiger partial charge in [-0.25, -0.2) is 14.4 Å². The third-order valence-corrected chi connectivity index (χ3v) is 6.52. The number of fused-ring (bicyclic) bond motifs is 3. The van der Waals surface area contributed by atoms with Gasteiger partial charge in [0.25, 0.3) is 0 Å². The third kappa shape index (κ3) is 3.07. The maximum Gasteiger partial charge on any atom is 0.343 e. The van der Waals surface area contributed by atoms with E-state index in [0.29, 0.717) is 12.0 Å². The number of rotatable bonds is 4. The van der Waals surface area contributed by atoms with Gasteiger partial charge in [0, 0.05) is 29.1 Å². The monoisotopic (exact) mass is 390 g/mol. The first kappa shape index (κ1) is 20.3. The molecular weight excluding hydrogens is 364 g/mol. The van der Waals surface area contributed by atoms with Crippen LogP contribution in [0.3, 0.4) is 0 Å². The number of carbonyl (C=O) groups is 3. The smallest absolute Gasteiger partial charge is 0.343 e. The van der Waals surface area contributed by atoms with Crippen molar-refractivity contribution in [1.82, 2.24) is 0 Å². The van der Waals surface area contributed by atoms with Crippen LogP contribution in [-0.2, 0) is 23.9 Å². The Morgan fingerprint density at radius 2 is 1.89 bits per heavy atom. The lowest BCUT2D eigenvalue weighted by Crippen LogP contribution is -2.65. The zero-order valence-electron chi connectivity index (χ0n) is 16.3. The van der Waals surface area contributed by atoms with Gasteiger partial charge in [-0.3, -0.25) is 0 Å². The first-order chi connectivity index (χ1) is 13.0. The molecule has 0 bridgehead atoms. The Hall–Kier alpha value is -2.41. The zero-order valence-corrected chi connectivity index (χ0v) is 16.3. The first-order valence-electron chi connectivity index (χ1n) is 9.41. The van der Waals surface area contributed by atoms with Crippen molar-refractivity contribution in [2.75, 3.05) is 6.61 Å². The number of hydrogen-bond acceptors (Lipinski definition) is 6. The van der Waals surface area contributed by atoms with E-state index in [0.717, 1.165) is 25.0 Å². The molecular formula is C21H26O7. The zero-order chi connectivity index (χ0) is 20.7. The Balaban J connectivity index is 1.94. The summed E-state index contributed by atoms with van der Waals surface area (Å²) in [4.78, 5) is 35.3. The van der Waals surface area contributed by atoms with Gasteiger partial charge >= 0.3 is 17.9 Å². The molecule has 7 nitrogen and oxygen atoms in total. The van der Waals surface area contributed by atoms with E-state index in [2.05, 4.69) is 13.8 Å². The van der Waals surface area contributed by atoms with Gasteiger partial charge in [-0.1, -0.05) is 39.3 Å². The van der Waals surface area contributed by atoms with Crippen molar-refractivity contribution < 1.29 is 34.1 Å². The van der Waals surface area contributed by atoms with E-state index in [4.69, 9.17) is 14.6 Å².